The lowest BCUT2D eigenvalue weighted by atomic mass is 10.2. The van der Waals surface area contributed by atoms with Gasteiger partial charge in [-0.3, -0.25) is 9.44 Å². The molecule has 0 aliphatic carbocycles. The SMILES string of the molecule is COc1cc(S(=O)(=O)Nc2ccc(N3CCN(C)CC3)cc2NS(=O)(=O)c2ccccc2)ccc1C. The first-order valence-electron chi connectivity index (χ1n) is 11.4. The largest absolute Gasteiger partial charge is 0.496 e. The van der Waals surface area contributed by atoms with Crippen LogP contribution in [-0.4, -0.2) is 62.1 Å². The van der Waals surface area contributed by atoms with E-state index in [4.69, 9.17) is 4.74 Å². The summed E-state index contributed by atoms with van der Waals surface area (Å²) in [6.07, 6.45) is 0. The first-order chi connectivity index (χ1) is 17.1. The van der Waals surface area contributed by atoms with Crippen LogP contribution in [-0.2, 0) is 20.0 Å². The monoisotopic (exact) mass is 530 g/mol. The third-order valence-corrected chi connectivity index (χ3v) is 8.85. The van der Waals surface area contributed by atoms with Crippen molar-refractivity contribution in [1.82, 2.24) is 4.90 Å². The van der Waals surface area contributed by atoms with E-state index >= 15 is 0 Å². The van der Waals surface area contributed by atoms with E-state index in [2.05, 4.69) is 26.3 Å². The van der Waals surface area contributed by atoms with Gasteiger partial charge in [-0.15, -0.1) is 0 Å². The van der Waals surface area contributed by atoms with Crippen molar-refractivity contribution in [3.63, 3.8) is 0 Å². The molecule has 1 aliphatic heterocycles. The van der Waals surface area contributed by atoms with Crippen molar-refractivity contribution in [2.75, 3.05) is 54.7 Å². The summed E-state index contributed by atoms with van der Waals surface area (Å²) in [6, 6.07) is 17.6. The van der Waals surface area contributed by atoms with Gasteiger partial charge in [-0.2, -0.15) is 0 Å². The number of likely N-dealkylation sites (N-methyl/N-ethyl adjacent to an activating group) is 1. The number of sulfonamides is 2. The standard InChI is InChI=1S/C25H30N4O5S2/c1-19-9-11-22(18-25(19)34-3)36(32,33)26-23-12-10-20(29-15-13-28(2)14-16-29)17-24(23)27-35(30,31)21-7-5-4-6-8-21/h4-12,17-18,26-27H,13-16H2,1-3H3. The predicted octanol–water partition coefficient (Wildman–Crippen LogP) is 3.36. The Morgan fingerprint density at radius 1 is 0.750 bits per heavy atom. The Kier molecular flexibility index (Phi) is 7.43. The zero-order chi connectivity index (χ0) is 25.9. The number of hydrogen-bond acceptors (Lipinski definition) is 7. The highest BCUT2D eigenvalue weighted by Crippen LogP contribution is 2.33. The number of piperazine rings is 1. The maximum absolute atomic E-state index is 13.2. The molecule has 1 aliphatic rings. The molecular formula is C25H30N4O5S2. The van der Waals surface area contributed by atoms with E-state index < -0.39 is 20.0 Å². The molecule has 36 heavy (non-hydrogen) atoms. The number of benzene rings is 3. The molecule has 3 aromatic rings. The van der Waals surface area contributed by atoms with Crippen LogP contribution in [0.3, 0.4) is 0 Å². The maximum Gasteiger partial charge on any atom is 0.262 e. The lowest BCUT2D eigenvalue weighted by molar-refractivity contribution is 0.313. The van der Waals surface area contributed by atoms with Crippen LogP contribution < -0.4 is 19.1 Å². The summed E-state index contributed by atoms with van der Waals surface area (Å²) in [7, 11) is -4.47. The number of hydrogen-bond donors (Lipinski definition) is 2. The van der Waals surface area contributed by atoms with Crippen LogP contribution in [0.25, 0.3) is 0 Å². The minimum absolute atomic E-state index is 0.00459. The lowest BCUT2D eigenvalue weighted by Gasteiger charge is -2.34. The molecule has 2 N–H and O–H groups in total. The van der Waals surface area contributed by atoms with E-state index in [9.17, 15) is 16.8 Å². The van der Waals surface area contributed by atoms with Gasteiger partial charge in [-0.05, 0) is 55.9 Å². The topological polar surface area (TPSA) is 108 Å². The highest BCUT2D eigenvalue weighted by Gasteiger charge is 2.23. The van der Waals surface area contributed by atoms with Crippen LogP contribution in [0.1, 0.15) is 5.56 Å². The number of anilines is 3. The van der Waals surface area contributed by atoms with Gasteiger partial charge in [0.2, 0.25) is 0 Å². The molecule has 0 aromatic heterocycles. The molecule has 1 heterocycles. The predicted molar refractivity (Wildman–Crippen MR) is 142 cm³/mol. The van der Waals surface area contributed by atoms with Crippen LogP contribution in [0.15, 0.2) is 76.5 Å². The zero-order valence-corrected chi connectivity index (χ0v) is 22.1. The number of nitrogens with one attached hydrogen (secondary N) is 2. The summed E-state index contributed by atoms with van der Waals surface area (Å²) in [5.41, 5.74) is 1.85. The van der Waals surface area contributed by atoms with Crippen LogP contribution >= 0.6 is 0 Å². The lowest BCUT2D eigenvalue weighted by Crippen LogP contribution is -2.44. The highest BCUT2D eigenvalue weighted by molar-refractivity contribution is 7.93. The van der Waals surface area contributed by atoms with Gasteiger partial charge in [0.15, 0.2) is 0 Å². The van der Waals surface area contributed by atoms with Gasteiger partial charge in [0.05, 0.1) is 28.3 Å². The maximum atomic E-state index is 13.2. The minimum Gasteiger partial charge on any atom is -0.496 e. The molecule has 0 radical (unpaired) electrons. The Bertz CT molecular complexity index is 1440. The molecule has 192 valence electrons. The van der Waals surface area contributed by atoms with E-state index in [1.54, 1.807) is 42.5 Å². The quantitative estimate of drug-likeness (QED) is 0.460. The fourth-order valence-corrected chi connectivity index (χ4v) is 6.13. The average molecular weight is 531 g/mol. The van der Waals surface area contributed by atoms with Crippen molar-refractivity contribution in [1.29, 1.82) is 0 Å². The molecular weight excluding hydrogens is 500 g/mol. The first-order valence-corrected chi connectivity index (χ1v) is 14.4. The van der Waals surface area contributed by atoms with E-state index in [1.165, 1.54) is 31.4 Å². The van der Waals surface area contributed by atoms with Crippen molar-refractivity contribution >= 4 is 37.1 Å². The van der Waals surface area contributed by atoms with Crippen LogP contribution in [0, 0.1) is 6.92 Å². The van der Waals surface area contributed by atoms with Gasteiger partial charge in [-0.25, -0.2) is 16.8 Å². The number of aryl methyl sites for hydroxylation is 1. The van der Waals surface area contributed by atoms with Crippen molar-refractivity contribution < 1.29 is 21.6 Å². The molecule has 0 spiro atoms. The molecule has 0 saturated carbocycles. The van der Waals surface area contributed by atoms with Gasteiger partial charge in [0.25, 0.3) is 20.0 Å². The smallest absolute Gasteiger partial charge is 0.262 e. The molecule has 0 amide bonds. The molecule has 3 aromatic carbocycles. The van der Waals surface area contributed by atoms with E-state index in [1.807, 2.05) is 6.92 Å². The van der Waals surface area contributed by atoms with Crippen LogP contribution in [0.2, 0.25) is 0 Å². The van der Waals surface area contributed by atoms with Gasteiger partial charge in [0.1, 0.15) is 5.75 Å². The molecule has 1 saturated heterocycles. The number of ether oxygens (including phenoxy) is 1. The Morgan fingerprint density at radius 2 is 1.39 bits per heavy atom. The molecule has 0 atom stereocenters. The first kappa shape index (κ1) is 25.8. The summed E-state index contributed by atoms with van der Waals surface area (Å²) >= 11 is 0. The summed E-state index contributed by atoms with van der Waals surface area (Å²) in [5.74, 6) is 0.438. The third kappa shape index (κ3) is 5.75. The van der Waals surface area contributed by atoms with E-state index in [0.717, 1.165) is 37.4 Å². The summed E-state index contributed by atoms with van der Waals surface area (Å²) in [5, 5.41) is 0. The second-order valence-electron chi connectivity index (χ2n) is 8.68. The second kappa shape index (κ2) is 10.4. The number of methoxy groups -OCH3 is 1. The van der Waals surface area contributed by atoms with Crippen molar-refractivity contribution in [3.8, 4) is 5.75 Å². The summed E-state index contributed by atoms with van der Waals surface area (Å²) in [6.45, 7) is 5.10. The van der Waals surface area contributed by atoms with Gasteiger partial charge < -0.3 is 14.5 Å². The summed E-state index contributed by atoms with van der Waals surface area (Å²) in [4.78, 5) is 4.44. The Morgan fingerprint density at radius 3 is 2.06 bits per heavy atom. The van der Waals surface area contributed by atoms with Gasteiger partial charge in [0, 0.05) is 37.9 Å². The van der Waals surface area contributed by atoms with E-state index in [0.29, 0.717) is 5.75 Å². The van der Waals surface area contributed by atoms with Crippen molar-refractivity contribution in [3.05, 3.63) is 72.3 Å². The van der Waals surface area contributed by atoms with Crippen LogP contribution in [0.4, 0.5) is 17.1 Å². The molecule has 0 unspecified atom stereocenters. The van der Waals surface area contributed by atoms with E-state index in [-0.39, 0.29) is 21.2 Å². The van der Waals surface area contributed by atoms with Gasteiger partial charge in [-0.1, -0.05) is 24.3 Å². The summed E-state index contributed by atoms with van der Waals surface area (Å²) < 4.78 is 63.1. The fraction of sp³-hybridized carbons (Fsp3) is 0.280. The molecule has 4 rings (SSSR count). The van der Waals surface area contributed by atoms with Crippen molar-refractivity contribution in [2.45, 2.75) is 16.7 Å². The zero-order valence-electron chi connectivity index (χ0n) is 20.4. The third-order valence-electron chi connectivity index (χ3n) is 6.10. The van der Waals surface area contributed by atoms with Gasteiger partial charge >= 0.3 is 0 Å². The molecule has 0 bridgehead atoms. The Hall–Kier alpha value is -3.28. The second-order valence-corrected chi connectivity index (χ2v) is 12.0. The van der Waals surface area contributed by atoms with Crippen molar-refractivity contribution in [2.24, 2.45) is 0 Å². The molecule has 11 heteroatoms. The van der Waals surface area contributed by atoms with Crippen LogP contribution in [0.5, 0.6) is 5.75 Å². The highest BCUT2D eigenvalue weighted by atomic mass is 32.2. The average Bonchev–Trinajstić information content (AvgIpc) is 2.86. The Balaban J connectivity index is 1.72. The fourth-order valence-electron chi connectivity index (χ4n) is 3.94. The molecule has 9 nitrogen and oxygen atoms in total. The minimum atomic E-state index is -4.04. The number of nitrogens with zero attached hydrogens (tertiary/aromatic N) is 2. The molecule has 1 fully saturated rings. The Labute approximate surface area is 212 Å². The normalized spacial score (nSPS) is 14.9. The number of rotatable bonds is 8.